The summed E-state index contributed by atoms with van der Waals surface area (Å²) in [5.41, 5.74) is 0.349. The monoisotopic (exact) mass is 246 g/mol. The van der Waals surface area contributed by atoms with E-state index in [1.54, 1.807) is 24.3 Å². The molecule has 0 fully saturated rings. The standard InChI is InChI=1S/C14H18N2O2/c1-4-14(2,3)13(17)16-11-5-7-12(8-6-11)18-10-9-15/h5-8H,4,10H2,1-3H3,(H,16,17). The Morgan fingerprint density at radius 3 is 2.50 bits per heavy atom. The van der Waals surface area contributed by atoms with Crippen LogP contribution in [0.25, 0.3) is 0 Å². The summed E-state index contributed by atoms with van der Waals surface area (Å²) in [5.74, 6) is 0.611. The first-order valence-corrected chi connectivity index (χ1v) is 5.91. The van der Waals surface area contributed by atoms with Gasteiger partial charge in [0, 0.05) is 11.1 Å². The molecule has 0 atom stereocenters. The third kappa shape index (κ3) is 3.77. The number of carbonyl (C=O) groups is 1. The van der Waals surface area contributed by atoms with Crippen LogP contribution in [0.1, 0.15) is 27.2 Å². The molecule has 1 amide bonds. The van der Waals surface area contributed by atoms with Gasteiger partial charge in [-0.25, -0.2) is 0 Å². The van der Waals surface area contributed by atoms with Crippen molar-refractivity contribution in [3.05, 3.63) is 24.3 Å². The van der Waals surface area contributed by atoms with Crippen LogP contribution in [0.15, 0.2) is 24.3 Å². The predicted molar refractivity (Wildman–Crippen MR) is 70.3 cm³/mol. The quantitative estimate of drug-likeness (QED) is 0.868. The van der Waals surface area contributed by atoms with Gasteiger partial charge in [0.2, 0.25) is 5.91 Å². The van der Waals surface area contributed by atoms with Gasteiger partial charge < -0.3 is 10.1 Å². The molecule has 1 aromatic rings. The van der Waals surface area contributed by atoms with Crippen LogP contribution in [0.3, 0.4) is 0 Å². The van der Waals surface area contributed by atoms with E-state index >= 15 is 0 Å². The van der Waals surface area contributed by atoms with E-state index < -0.39 is 0 Å². The van der Waals surface area contributed by atoms with E-state index in [0.717, 1.165) is 12.1 Å². The minimum atomic E-state index is -0.379. The number of ether oxygens (including phenoxy) is 1. The lowest BCUT2D eigenvalue weighted by molar-refractivity contribution is -0.124. The number of benzene rings is 1. The van der Waals surface area contributed by atoms with E-state index in [2.05, 4.69) is 5.32 Å². The highest BCUT2D eigenvalue weighted by Crippen LogP contribution is 2.23. The van der Waals surface area contributed by atoms with Crippen molar-refractivity contribution >= 4 is 11.6 Å². The number of amides is 1. The normalized spacial score (nSPS) is 10.6. The Morgan fingerprint density at radius 2 is 2.00 bits per heavy atom. The molecule has 1 aromatic carbocycles. The summed E-state index contributed by atoms with van der Waals surface area (Å²) in [6.07, 6.45) is 0.780. The third-order valence-electron chi connectivity index (χ3n) is 2.91. The van der Waals surface area contributed by atoms with Gasteiger partial charge in [0.1, 0.15) is 11.8 Å². The zero-order valence-corrected chi connectivity index (χ0v) is 11.0. The number of carbonyl (C=O) groups excluding carboxylic acids is 1. The highest BCUT2D eigenvalue weighted by Gasteiger charge is 2.25. The van der Waals surface area contributed by atoms with E-state index in [0.29, 0.717) is 5.75 Å². The molecule has 0 radical (unpaired) electrons. The number of nitriles is 1. The van der Waals surface area contributed by atoms with Crippen molar-refractivity contribution < 1.29 is 9.53 Å². The zero-order chi connectivity index (χ0) is 13.6. The minimum Gasteiger partial charge on any atom is -0.479 e. The Balaban J connectivity index is 2.64. The van der Waals surface area contributed by atoms with Crippen LogP contribution < -0.4 is 10.1 Å². The first-order valence-electron chi connectivity index (χ1n) is 5.91. The molecular formula is C14H18N2O2. The van der Waals surface area contributed by atoms with Crippen molar-refractivity contribution in [3.63, 3.8) is 0 Å². The number of nitrogens with zero attached hydrogens (tertiary/aromatic N) is 1. The zero-order valence-electron chi connectivity index (χ0n) is 11.0. The molecule has 4 heteroatoms. The molecule has 1 rings (SSSR count). The topological polar surface area (TPSA) is 62.1 Å². The molecule has 0 aliphatic carbocycles. The van der Waals surface area contributed by atoms with Gasteiger partial charge in [0.05, 0.1) is 0 Å². The van der Waals surface area contributed by atoms with Crippen molar-refractivity contribution in [2.45, 2.75) is 27.2 Å². The van der Waals surface area contributed by atoms with Crippen molar-refractivity contribution in [1.29, 1.82) is 5.26 Å². The van der Waals surface area contributed by atoms with Crippen LogP contribution in [0.2, 0.25) is 0 Å². The number of hydrogen-bond acceptors (Lipinski definition) is 3. The van der Waals surface area contributed by atoms with Gasteiger partial charge in [0.15, 0.2) is 6.61 Å². The summed E-state index contributed by atoms with van der Waals surface area (Å²) in [6, 6.07) is 8.88. The summed E-state index contributed by atoms with van der Waals surface area (Å²) in [6.45, 7) is 5.83. The van der Waals surface area contributed by atoms with Crippen LogP contribution in [-0.4, -0.2) is 12.5 Å². The molecule has 0 heterocycles. The second-order valence-corrected chi connectivity index (χ2v) is 4.66. The number of rotatable bonds is 5. The molecule has 1 N–H and O–H groups in total. The number of anilines is 1. The van der Waals surface area contributed by atoms with Gasteiger partial charge in [-0.05, 0) is 30.7 Å². The maximum atomic E-state index is 11.9. The average Bonchev–Trinajstić information content (AvgIpc) is 2.37. The van der Waals surface area contributed by atoms with Crippen LogP contribution in [-0.2, 0) is 4.79 Å². The van der Waals surface area contributed by atoms with E-state index in [1.165, 1.54) is 0 Å². The maximum Gasteiger partial charge on any atom is 0.230 e. The molecule has 0 spiro atoms. The Morgan fingerprint density at radius 1 is 1.39 bits per heavy atom. The van der Waals surface area contributed by atoms with Crippen LogP contribution in [0, 0.1) is 16.7 Å². The van der Waals surface area contributed by atoms with Gasteiger partial charge in [0.25, 0.3) is 0 Å². The van der Waals surface area contributed by atoms with E-state index in [9.17, 15) is 4.79 Å². The van der Waals surface area contributed by atoms with Crippen molar-refractivity contribution in [2.75, 3.05) is 11.9 Å². The summed E-state index contributed by atoms with van der Waals surface area (Å²) in [7, 11) is 0. The molecule has 96 valence electrons. The smallest absolute Gasteiger partial charge is 0.230 e. The van der Waals surface area contributed by atoms with Gasteiger partial charge >= 0.3 is 0 Å². The fourth-order valence-corrected chi connectivity index (χ4v) is 1.21. The molecule has 0 bridgehead atoms. The number of nitrogens with one attached hydrogen (secondary N) is 1. The summed E-state index contributed by atoms with van der Waals surface area (Å²) < 4.78 is 5.13. The van der Waals surface area contributed by atoms with Crippen LogP contribution in [0.5, 0.6) is 5.75 Å². The SMILES string of the molecule is CCC(C)(C)C(=O)Nc1ccc(OCC#N)cc1. The molecular weight excluding hydrogens is 228 g/mol. The third-order valence-corrected chi connectivity index (χ3v) is 2.91. The fourth-order valence-electron chi connectivity index (χ4n) is 1.21. The average molecular weight is 246 g/mol. The Hall–Kier alpha value is -2.02. The highest BCUT2D eigenvalue weighted by molar-refractivity contribution is 5.94. The molecule has 4 nitrogen and oxygen atoms in total. The Bertz CT molecular complexity index is 444. The van der Waals surface area contributed by atoms with Gasteiger partial charge in [-0.2, -0.15) is 5.26 Å². The van der Waals surface area contributed by atoms with E-state index in [1.807, 2.05) is 26.8 Å². The maximum absolute atomic E-state index is 11.9. The first-order chi connectivity index (χ1) is 8.49. The lowest BCUT2D eigenvalue weighted by Crippen LogP contribution is -2.29. The summed E-state index contributed by atoms with van der Waals surface area (Å²) in [4.78, 5) is 11.9. The second-order valence-electron chi connectivity index (χ2n) is 4.66. The molecule has 0 aliphatic rings. The minimum absolute atomic E-state index is 0.00399. The first kappa shape index (κ1) is 14.0. The molecule has 0 saturated carbocycles. The summed E-state index contributed by atoms with van der Waals surface area (Å²) in [5, 5.41) is 11.2. The van der Waals surface area contributed by atoms with Gasteiger partial charge in [-0.15, -0.1) is 0 Å². The van der Waals surface area contributed by atoms with Crippen LogP contribution >= 0.6 is 0 Å². The molecule has 0 aromatic heterocycles. The van der Waals surface area contributed by atoms with Gasteiger partial charge in [-0.1, -0.05) is 20.8 Å². The van der Waals surface area contributed by atoms with Gasteiger partial charge in [-0.3, -0.25) is 4.79 Å². The lowest BCUT2D eigenvalue weighted by Gasteiger charge is -2.21. The summed E-state index contributed by atoms with van der Waals surface area (Å²) >= 11 is 0. The van der Waals surface area contributed by atoms with E-state index in [4.69, 9.17) is 10.00 Å². The molecule has 0 saturated heterocycles. The molecule has 0 unspecified atom stereocenters. The second kappa shape index (κ2) is 6.06. The fraction of sp³-hybridized carbons (Fsp3) is 0.429. The molecule has 0 aliphatic heterocycles. The Kier molecular flexibility index (Phi) is 4.73. The van der Waals surface area contributed by atoms with Crippen molar-refractivity contribution in [2.24, 2.45) is 5.41 Å². The predicted octanol–water partition coefficient (Wildman–Crippen LogP) is 2.96. The van der Waals surface area contributed by atoms with Crippen molar-refractivity contribution in [1.82, 2.24) is 0 Å². The van der Waals surface area contributed by atoms with Crippen LogP contribution in [0.4, 0.5) is 5.69 Å². The lowest BCUT2D eigenvalue weighted by atomic mass is 9.89. The number of hydrogen-bond donors (Lipinski definition) is 1. The van der Waals surface area contributed by atoms with Crippen molar-refractivity contribution in [3.8, 4) is 11.8 Å². The molecule has 18 heavy (non-hydrogen) atoms. The van der Waals surface area contributed by atoms with E-state index in [-0.39, 0.29) is 17.9 Å². The highest BCUT2D eigenvalue weighted by atomic mass is 16.5. The largest absolute Gasteiger partial charge is 0.479 e. The Labute approximate surface area is 108 Å².